The highest BCUT2D eigenvalue weighted by atomic mass is 35.5. The van der Waals surface area contributed by atoms with Crippen LogP contribution in [0, 0.1) is 5.82 Å². The summed E-state index contributed by atoms with van der Waals surface area (Å²) in [6.07, 6.45) is -0.733. The lowest BCUT2D eigenvalue weighted by molar-refractivity contribution is -1.09. The highest BCUT2D eigenvalue weighted by molar-refractivity contribution is 7.92. The summed E-state index contributed by atoms with van der Waals surface area (Å²) < 4.78 is 81.9. The molecule has 2 aromatic carbocycles. The first-order valence-electron chi connectivity index (χ1n) is 11.9. The summed E-state index contributed by atoms with van der Waals surface area (Å²) in [5, 5.41) is 13.9. The van der Waals surface area contributed by atoms with Crippen LogP contribution in [0.3, 0.4) is 0 Å². The third-order valence-electron chi connectivity index (χ3n) is 6.79. The molecule has 1 aliphatic rings. The zero-order chi connectivity index (χ0) is 28.6. The van der Waals surface area contributed by atoms with Crippen LogP contribution in [0.25, 0.3) is 0 Å². The van der Waals surface area contributed by atoms with Gasteiger partial charge in [-0.05, 0) is 48.6 Å². The van der Waals surface area contributed by atoms with Gasteiger partial charge < -0.3 is 5.32 Å². The topological polar surface area (TPSA) is 104 Å². The van der Waals surface area contributed by atoms with Gasteiger partial charge in [-0.25, -0.2) is 28.0 Å². The number of hydroxylamine groups is 3. The molecule has 1 heterocycles. The number of nitrogens with zero attached hydrogens (tertiary/aromatic N) is 3. The maximum absolute atomic E-state index is 15.0. The highest BCUT2D eigenvalue weighted by Gasteiger charge is 2.42. The van der Waals surface area contributed by atoms with E-state index in [9.17, 15) is 26.8 Å². The molecule has 1 unspecified atom stereocenters. The zero-order valence-electron chi connectivity index (χ0n) is 21.0. The molecule has 1 fully saturated rings. The minimum atomic E-state index is -4.47. The van der Waals surface area contributed by atoms with Crippen LogP contribution in [0.1, 0.15) is 36.3 Å². The van der Waals surface area contributed by atoms with E-state index in [-0.39, 0.29) is 22.4 Å². The van der Waals surface area contributed by atoms with Crippen LogP contribution >= 0.6 is 11.6 Å². The van der Waals surface area contributed by atoms with Crippen LogP contribution < -0.4 is 10.0 Å². The van der Waals surface area contributed by atoms with Crippen molar-refractivity contribution in [3.63, 3.8) is 0 Å². The van der Waals surface area contributed by atoms with E-state index in [1.54, 1.807) is 20.2 Å². The minimum Gasteiger partial charge on any atom is -0.375 e. The lowest BCUT2D eigenvalue weighted by Gasteiger charge is -2.42. The molecule has 0 spiro atoms. The first kappa shape index (κ1) is 29.0. The van der Waals surface area contributed by atoms with Crippen molar-refractivity contribution >= 4 is 33.1 Å². The van der Waals surface area contributed by atoms with E-state index in [1.807, 2.05) is 0 Å². The molecule has 8 nitrogen and oxygen atoms in total. The molecule has 0 radical (unpaired) electrons. The Kier molecular flexibility index (Phi) is 8.08. The van der Waals surface area contributed by atoms with Crippen molar-refractivity contribution in [1.82, 2.24) is 9.97 Å². The molecule has 1 aromatic heterocycles. The number of sulfonamides is 1. The predicted octanol–water partition coefficient (Wildman–Crippen LogP) is 5.67. The molecule has 0 aliphatic heterocycles. The summed E-state index contributed by atoms with van der Waals surface area (Å²) in [6, 6.07) is 7.47. The van der Waals surface area contributed by atoms with E-state index in [1.165, 1.54) is 18.3 Å². The number of benzene rings is 2. The monoisotopic (exact) mass is 588 g/mol. The summed E-state index contributed by atoms with van der Waals surface area (Å²) in [5.41, 5.74) is -0.0891. The van der Waals surface area contributed by atoms with E-state index in [4.69, 9.17) is 11.6 Å². The van der Waals surface area contributed by atoms with Gasteiger partial charge in [0, 0.05) is 12.6 Å². The van der Waals surface area contributed by atoms with Gasteiger partial charge in [0.2, 0.25) is 0 Å². The second-order valence-corrected chi connectivity index (χ2v) is 12.0. The maximum atomic E-state index is 15.0. The van der Waals surface area contributed by atoms with Gasteiger partial charge in [-0.3, -0.25) is 4.72 Å². The molecular weight excluding hydrogens is 562 g/mol. The summed E-state index contributed by atoms with van der Waals surface area (Å²) in [7, 11) is -1.26. The van der Waals surface area contributed by atoms with Crippen molar-refractivity contribution in [2.24, 2.45) is 0 Å². The molecule has 0 saturated heterocycles. The van der Waals surface area contributed by atoms with Gasteiger partial charge >= 0.3 is 6.18 Å². The van der Waals surface area contributed by atoms with Crippen LogP contribution in [0.5, 0.6) is 0 Å². The standard InChI is InChI=1S/C25H27ClF4N5O3S/c1-35(2,36)22-11-16(15-4-3-5-17(10-15)25(28,29)30)6-7-20(22)33-21-13-19(27)23(12-18(21)26)39(37,38)34-24-8-9-31-14-32-24/h3-5,8-10,12-14,16,20,22,33,36H,6-7,11H2,1-2H3,(H,31,32,34)/q+1/t16?,20-,22-/m0/s1. The van der Waals surface area contributed by atoms with Gasteiger partial charge in [-0.15, -0.1) is 0 Å². The molecule has 14 heteroatoms. The van der Waals surface area contributed by atoms with Gasteiger partial charge in [0.25, 0.3) is 10.0 Å². The van der Waals surface area contributed by atoms with E-state index in [2.05, 4.69) is 20.0 Å². The molecule has 0 bridgehead atoms. The van der Waals surface area contributed by atoms with Crippen molar-refractivity contribution in [1.29, 1.82) is 0 Å². The number of alkyl halides is 3. The molecule has 3 atom stereocenters. The quantitative estimate of drug-likeness (QED) is 0.187. The van der Waals surface area contributed by atoms with Gasteiger partial charge in [0.05, 0.1) is 36.4 Å². The molecule has 1 aliphatic carbocycles. The molecule has 39 heavy (non-hydrogen) atoms. The number of anilines is 2. The Morgan fingerprint density at radius 1 is 1.13 bits per heavy atom. The smallest absolute Gasteiger partial charge is 0.375 e. The number of hydrogen-bond acceptors (Lipinski definition) is 6. The fraction of sp³-hybridized carbons (Fsp3) is 0.360. The lowest BCUT2D eigenvalue weighted by Crippen LogP contribution is -2.56. The maximum Gasteiger partial charge on any atom is 0.416 e. The summed E-state index contributed by atoms with van der Waals surface area (Å²) in [6.45, 7) is 0. The molecule has 0 amide bonds. The Hall–Kier alpha value is -3.00. The second kappa shape index (κ2) is 10.9. The number of likely N-dealkylation sites (N-methyl/N-ethyl adjacent to an activating group) is 1. The Morgan fingerprint density at radius 3 is 2.51 bits per heavy atom. The first-order valence-corrected chi connectivity index (χ1v) is 13.8. The summed E-state index contributed by atoms with van der Waals surface area (Å²) in [5.74, 6) is -1.35. The molecular formula is C25H27ClF4N5O3S+. The van der Waals surface area contributed by atoms with Gasteiger partial charge in [0.15, 0.2) is 0 Å². The number of nitrogens with one attached hydrogen (secondary N) is 2. The molecule has 4 rings (SSSR count). The van der Waals surface area contributed by atoms with Crippen molar-refractivity contribution < 1.29 is 35.8 Å². The Labute approximate surface area is 228 Å². The highest BCUT2D eigenvalue weighted by Crippen LogP contribution is 2.40. The molecule has 1 saturated carbocycles. The Bertz CT molecular complexity index is 1440. The third-order valence-corrected chi connectivity index (χ3v) is 8.47. The number of rotatable bonds is 7. The van der Waals surface area contributed by atoms with Crippen molar-refractivity contribution in [3.8, 4) is 0 Å². The van der Waals surface area contributed by atoms with E-state index >= 15 is 4.39 Å². The largest absolute Gasteiger partial charge is 0.416 e. The zero-order valence-corrected chi connectivity index (χ0v) is 22.5. The van der Waals surface area contributed by atoms with Crippen molar-refractivity contribution in [3.05, 3.63) is 77.0 Å². The van der Waals surface area contributed by atoms with E-state index < -0.39 is 49.2 Å². The van der Waals surface area contributed by atoms with Crippen LogP contribution in [-0.4, -0.2) is 54.4 Å². The van der Waals surface area contributed by atoms with Crippen molar-refractivity contribution in [2.45, 2.75) is 48.3 Å². The third kappa shape index (κ3) is 6.78. The Morgan fingerprint density at radius 2 is 1.87 bits per heavy atom. The van der Waals surface area contributed by atoms with E-state index in [0.717, 1.165) is 30.6 Å². The molecule has 3 N–H and O–H groups in total. The molecule has 3 aromatic rings. The second-order valence-electron chi connectivity index (χ2n) is 9.89. The van der Waals surface area contributed by atoms with Gasteiger partial charge in [0.1, 0.15) is 28.9 Å². The minimum absolute atomic E-state index is 0.0500. The number of quaternary nitrogens is 1. The van der Waals surface area contributed by atoms with Gasteiger partial charge in [-0.1, -0.05) is 29.8 Å². The van der Waals surface area contributed by atoms with Crippen LogP contribution in [0.4, 0.5) is 29.1 Å². The van der Waals surface area contributed by atoms with Crippen LogP contribution in [-0.2, 0) is 16.2 Å². The van der Waals surface area contributed by atoms with E-state index in [0.29, 0.717) is 24.8 Å². The predicted molar refractivity (Wildman–Crippen MR) is 137 cm³/mol. The average molecular weight is 589 g/mol. The summed E-state index contributed by atoms with van der Waals surface area (Å²) >= 11 is 6.36. The average Bonchev–Trinajstić information content (AvgIpc) is 2.85. The normalized spacial score (nSPS) is 20.5. The fourth-order valence-corrected chi connectivity index (χ4v) is 6.25. The van der Waals surface area contributed by atoms with Crippen molar-refractivity contribution in [2.75, 3.05) is 24.1 Å². The van der Waals surface area contributed by atoms with Crippen LogP contribution in [0.15, 0.2) is 59.9 Å². The number of halogens is 5. The lowest BCUT2D eigenvalue weighted by atomic mass is 9.77. The SMILES string of the molecule is C[N+](C)(O)[C@H]1CC(c2cccc(C(F)(F)F)c2)CC[C@@H]1Nc1cc(F)c(S(=O)(=O)Nc2ccncn2)cc1Cl. The fourth-order valence-electron chi connectivity index (χ4n) is 4.87. The molecule has 210 valence electrons. The van der Waals surface area contributed by atoms with Crippen LogP contribution in [0.2, 0.25) is 5.02 Å². The number of hydrogen-bond donors (Lipinski definition) is 3. The van der Waals surface area contributed by atoms with Gasteiger partial charge in [-0.2, -0.15) is 17.8 Å². The number of aromatic nitrogens is 2. The summed E-state index contributed by atoms with van der Waals surface area (Å²) in [4.78, 5) is 6.77. The first-order chi connectivity index (χ1) is 18.1. The Balaban J connectivity index is 1.56.